The fourth-order valence-corrected chi connectivity index (χ4v) is 4.69. The number of hydrogen-bond acceptors (Lipinski definition) is 9. The maximum absolute atomic E-state index is 12.4. The molecule has 0 fully saturated rings. The van der Waals surface area contributed by atoms with E-state index in [1.807, 2.05) is 36.4 Å². The zero-order valence-corrected chi connectivity index (χ0v) is 19.5. The SMILES string of the molecule is CCN(CC)C(CNC(=O)CSc1nnc(Nc2cccc(OC)c2)s1)c1ccco1. The molecular formula is C21H27N5O3S2. The van der Waals surface area contributed by atoms with Gasteiger partial charge in [-0.3, -0.25) is 9.69 Å². The molecule has 0 bridgehead atoms. The Morgan fingerprint density at radius 1 is 1.26 bits per heavy atom. The molecule has 2 aromatic heterocycles. The van der Waals surface area contributed by atoms with Gasteiger partial charge in [0.2, 0.25) is 11.0 Å². The number of aromatic nitrogens is 2. The van der Waals surface area contributed by atoms with Gasteiger partial charge in [0.1, 0.15) is 11.5 Å². The Balaban J connectivity index is 1.49. The number of nitrogens with zero attached hydrogens (tertiary/aromatic N) is 3. The van der Waals surface area contributed by atoms with Crippen LogP contribution in [-0.4, -0.2) is 53.5 Å². The van der Waals surface area contributed by atoms with Crippen LogP contribution < -0.4 is 15.4 Å². The monoisotopic (exact) mass is 461 g/mol. The van der Waals surface area contributed by atoms with E-state index >= 15 is 0 Å². The van der Waals surface area contributed by atoms with Gasteiger partial charge in [-0.1, -0.05) is 43.0 Å². The lowest BCUT2D eigenvalue weighted by Gasteiger charge is -2.28. The molecule has 0 saturated heterocycles. The molecular weight excluding hydrogens is 434 g/mol. The van der Waals surface area contributed by atoms with Gasteiger partial charge in [0.25, 0.3) is 0 Å². The van der Waals surface area contributed by atoms with Gasteiger partial charge >= 0.3 is 0 Å². The number of anilines is 2. The Morgan fingerprint density at radius 3 is 2.81 bits per heavy atom. The van der Waals surface area contributed by atoms with E-state index in [4.69, 9.17) is 9.15 Å². The van der Waals surface area contributed by atoms with E-state index in [0.717, 1.165) is 34.6 Å². The van der Waals surface area contributed by atoms with Crippen LogP contribution in [0.3, 0.4) is 0 Å². The number of carbonyl (C=O) groups excluding carboxylic acids is 1. The third kappa shape index (κ3) is 6.71. The topological polar surface area (TPSA) is 92.5 Å². The number of methoxy groups -OCH3 is 1. The van der Waals surface area contributed by atoms with Gasteiger partial charge in [0.15, 0.2) is 4.34 Å². The van der Waals surface area contributed by atoms with Gasteiger partial charge in [-0.25, -0.2) is 0 Å². The standard InChI is InChI=1S/C21H27N5O3S2/c1-4-26(5-2)17(18-10-7-11-29-18)13-22-19(27)14-30-21-25-24-20(31-21)23-15-8-6-9-16(12-15)28-3/h6-12,17H,4-5,13-14H2,1-3H3,(H,22,27)(H,23,24). The lowest BCUT2D eigenvalue weighted by Crippen LogP contribution is -2.38. The number of benzene rings is 1. The number of rotatable bonds is 12. The van der Waals surface area contributed by atoms with Crippen molar-refractivity contribution in [3.8, 4) is 5.75 Å². The number of nitrogens with one attached hydrogen (secondary N) is 2. The highest BCUT2D eigenvalue weighted by Crippen LogP contribution is 2.28. The minimum absolute atomic E-state index is 0.0131. The van der Waals surface area contributed by atoms with Crippen LogP contribution in [0.25, 0.3) is 0 Å². The smallest absolute Gasteiger partial charge is 0.230 e. The summed E-state index contributed by atoms with van der Waals surface area (Å²) in [7, 11) is 1.63. The van der Waals surface area contributed by atoms with Crippen molar-refractivity contribution >= 4 is 39.8 Å². The van der Waals surface area contributed by atoms with Crippen molar-refractivity contribution in [3.05, 3.63) is 48.4 Å². The normalized spacial score (nSPS) is 12.0. The molecule has 0 radical (unpaired) electrons. The zero-order chi connectivity index (χ0) is 22.1. The highest BCUT2D eigenvalue weighted by atomic mass is 32.2. The van der Waals surface area contributed by atoms with Crippen LogP contribution in [0.15, 0.2) is 51.4 Å². The van der Waals surface area contributed by atoms with Crippen LogP contribution in [0, 0.1) is 0 Å². The van der Waals surface area contributed by atoms with Crippen LogP contribution in [0.5, 0.6) is 5.75 Å². The summed E-state index contributed by atoms with van der Waals surface area (Å²) in [5, 5.41) is 15.2. The summed E-state index contributed by atoms with van der Waals surface area (Å²) < 4.78 is 11.5. The lowest BCUT2D eigenvalue weighted by molar-refractivity contribution is -0.118. The second-order valence-electron chi connectivity index (χ2n) is 6.58. The summed E-state index contributed by atoms with van der Waals surface area (Å²) in [5.41, 5.74) is 0.866. The summed E-state index contributed by atoms with van der Waals surface area (Å²) in [6.07, 6.45) is 1.66. The molecule has 0 aliphatic heterocycles. The van der Waals surface area contributed by atoms with Crippen LogP contribution >= 0.6 is 23.1 Å². The second-order valence-corrected chi connectivity index (χ2v) is 8.78. The summed E-state index contributed by atoms with van der Waals surface area (Å²) >= 11 is 2.77. The molecule has 1 atom stereocenters. The minimum atomic E-state index is -0.0498. The number of thioether (sulfide) groups is 1. The Hall–Kier alpha value is -2.56. The van der Waals surface area contributed by atoms with Crippen LogP contribution in [0.1, 0.15) is 25.6 Å². The number of hydrogen-bond donors (Lipinski definition) is 2. The largest absolute Gasteiger partial charge is 0.497 e. The average molecular weight is 462 g/mol. The van der Waals surface area contributed by atoms with E-state index in [1.54, 1.807) is 13.4 Å². The lowest BCUT2D eigenvalue weighted by atomic mass is 10.2. The summed E-state index contributed by atoms with van der Waals surface area (Å²) in [5.74, 6) is 1.84. The Bertz CT molecular complexity index is 944. The highest BCUT2D eigenvalue weighted by Gasteiger charge is 2.21. The second kappa shape index (κ2) is 11.7. The molecule has 166 valence electrons. The van der Waals surface area contributed by atoms with Crippen molar-refractivity contribution < 1.29 is 13.9 Å². The Labute approximate surface area is 190 Å². The maximum Gasteiger partial charge on any atom is 0.230 e. The average Bonchev–Trinajstić information content (AvgIpc) is 3.47. The van der Waals surface area contributed by atoms with E-state index in [9.17, 15) is 4.79 Å². The minimum Gasteiger partial charge on any atom is -0.497 e. The van der Waals surface area contributed by atoms with Crippen LogP contribution in [0.2, 0.25) is 0 Å². The van der Waals surface area contributed by atoms with Crippen molar-refractivity contribution in [2.24, 2.45) is 0 Å². The molecule has 1 aromatic carbocycles. The number of likely N-dealkylation sites (N-methyl/N-ethyl adjacent to an activating group) is 1. The van der Waals surface area contributed by atoms with E-state index in [0.29, 0.717) is 11.7 Å². The number of amides is 1. The Kier molecular flexibility index (Phi) is 8.74. The zero-order valence-electron chi connectivity index (χ0n) is 17.8. The Morgan fingerprint density at radius 2 is 2.10 bits per heavy atom. The van der Waals surface area contributed by atoms with E-state index < -0.39 is 0 Å². The van der Waals surface area contributed by atoms with E-state index in [1.165, 1.54) is 23.1 Å². The van der Waals surface area contributed by atoms with E-state index in [2.05, 4.69) is 39.6 Å². The molecule has 0 spiro atoms. The van der Waals surface area contributed by atoms with Gasteiger partial charge in [-0.15, -0.1) is 10.2 Å². The van der Waals surface area contributed by atoms with Crippen molar-refractivity contribution in [2.45, 2.75) is 24.2 Å². The predicted octanol–water partition coefficient (Wildman–Crippen LogP) is 4.17. The van der Waals surface area contributed by atoms with Gasteiger partial charge in [-0.05, 0) is 37.4 Å². The first-order valence-electron chi connectivity index (χ1n) is 10.0. The molecule has 0 aliphatic carbocycles. The molecule has 1 unspecified atom stereocenters. The van der Waals surface area contributed by atoms with Gasteiger partial charge in [0.05, 0.1) is 25.2 Å². The fourth-order valence-electron chi connectivity index (χ4n) is 3.09. The third-order valence-electron chi connectivity index (χ3n) is 4.67. The summed E-state index contributed by atoms with van der Waals surface area (Å²) in [6.45, 7) is 6.45. The van der Waals surface area contributed by atoms with Crippen molar-refractivity contribution in [1.82, 2.24) is 20.4 Å². The maximum atomic E-state index is 12.4. The molecule has 2 N–H and O–H groups in total. The molecule has 8 nitrogen and oxygen atoms in total. The highest BCUT2D eigenvalue weighted by molar-refractivity contribution is 8.01. The first-order chi connectivity index (χ1) is 15.1. The molecule has 1 amide bonds. The van der Waals surface area contributed by atoms with Gasteiger partial charge < -0.3 is 19.8 Å². The van der Waals surface area contributed by atoms with Crippen molar-refractivity contribution in [3.63, 3.8) is 0 Å². The quantitative estimate of drug-likeness (QED) is 0.388. The molecule has 31 heavy (non-hydrogen) atoms. The van der Waals surface area contributed by atoms with Gasteiger partial charge in [0, 0.05) is 18.3 Å². The molecule has 3 rings (SSSR count). The summed E-state index contributed by atoms with van der Waals surface area (Å²) in [6, 6.07) is 11.4. The first-order valence-corrected chi connectivity index (χ1v) is 11.8. The van der Waals surface area contributed by atoms with Crippen LogP contribution in [0.4, 0.5) is 10.8 Å². The molecule has 10 heteroatoms. The van der Waals surface area contributed by atoms with E-state index in [-0.39, 0.29) is 17.7 Å². The predicted molar refractivity (Wildman–Crippen MR) is 124 cm³/mol. The van der Waals surface area contributed by atoms with Crippen LogP contribution in [-0.2, 0) is 4.79 Å². The number of furan rings is 1. The fraction of sp³-hybridized carbons (Fsp3) is 0.381. The van der Waals surface area contributed by atoms with Gasteiger partial charge in [-0.2, -0.15) is 0 Å². The third-order valence-corrected chi connectivity index (χ3v) is 6.64. The number of carbonyl (C=O) groups is 1. The number of ether oxygens (including phenoxy) is 1. The first kappa shape index (κ1) is 23.1. The summed E-state index contributed by atoms with van der Waals surface area (Å²) in [4.78, 5) is 14.7. The molecule has 3 aromatic rings. The molecule has 0 aliphatic rings. The molecule has 2 heterocycles. The van der Waals surface area contributed by atoms with Crippen molar-refractivity contribution in [1.29, 1.82) is 0 Å². The van der Waals surface area contributed by atoms with Crippen molar-refractivity contribution in [2.75, 3.05) is 37.8 Å². The molecule has 0 saturated carbocycles.